The molecule has 134 valence electrons. The van der Waals surface area contributed by atoms with E-state index in [0.717, 1.165) is 35.5 Å². The van der Waals surface area contributed by atoms with Gasteiger partial charge in [0.15, 0.2) is 0 Å². The molecule has 2 unspecified atom stereocenters. The zero-order valence-corrected chi connectivity index (χ0v) is 15.5. The fraction of sp³-hybridized carbons (Fsp3) is 0.364. The number of rotatable bonds is 3. The van der Waals surface area contributed by atoms with Crippen molar-refractivity contribution in [3.05, 3.63) is 58.7 Å². The summed E-state index contributed by atoms with van der Waals surface area (Å²) in [7, 11) is 0. The molecule has 1 heterocycles. The van der Waals surface area contributed by atoms with E-state index in [2.05, 4.69) is 30.4 Å². The Bertz CT molecular complexity index is 880. The molecule has 1 N–H and O–H groups in total. The Morgan fingerprint density at radius 3 is 2.46 bits per heavy atom. The van der Waals surface area contributed by atoms with Gasteiger partial charge >= 0.3 is 0 Å². The van der Waals surface area contributed by atoms with Crippen LogP contribution in [0.5, 0.6) is 0 Å². The van der Waals surface area contributed by atoms with Crippen molar-refractivity contribution in [2.24, 2.45) is 11.8 Å². The molecule has 0 saturated heterocycles. The van der Waals surface area contributed by atoms with Gasteiger partial charge < -0.3 is 10.2 Å². The molecule has 1 fully saturated rings. The topological polar surface area (TPSA) is 49.4 Å². The summed E-state index contributed by atoms with van der Waals surface area (Å²) in [6.07, 6.45) is 1.54. The minimum Gasteiger partial charge on any atom is -0.325 e. The number of hydrogen-bond acceptors (Lipinski definition) is 2. The van der Waals surface area contributed by atoms with Gasteiger partial charge in [0, 0.05) is 17.9 Å². The molecule has 1 saturated carbocycles. The third kappa shape index (κ3) is 2.90. The molecule has 0 bridgehead atoms. The number of anilines is 2. The number of fused-ring (bicyclic) bond motifs is 1. The molecule has 2 aromatic carbocycles. The van der Waals surface area contributed by atoms with Gasteiger partial charge in [-0.2, -0.15) is 0 Å². The second-order valence-electron chi connectivity index (χ2n) is 7.58. The Balaban J connectivity index is 1.44. The van der Waals surface area contributed by atoms with Gasteiger partial charge in [-0.25, -0.2) is 0 Å². The predicted octanol–water partition coefficient (Wildman–Crippen LogP) is 3.78. The molecule has 4 rings (SSSR count). The van der Waals surface area contributed by atoms with Crippen molar-refractivity contribution in [3.8, 4) is 0 Å². The average molecular weight is 348 g/mol. The minimum atomic E-state index is -0.213. The summed E-state index contributed by atoms with van der Waals surface area (Å²) >= 11 is 0. The number of carbonyl (C=O) groups excluding carboxylic acids is 2. The first-order valence-corrected chi connectivity index (χ1v) is 9.23. The number of para-hydroxylation sites is 1. The summed E-state index contributed by atoms with van der Waals surface area (Å²) in [5.74, 6) is -0.346. The third-order valence-electron chi connectivity index (χ3n) is 5.52. The molecule has 2 aliphatic rings. The van der Waals surface area contributed by atoms with Crippen molar-refractivity contribution >= 4 is 23.2 Å². The van der Waals surface area contributed by atoms with E-state index in [-0.39, 0.29) is 23.7 Å². The minimum absolute atomic E-state index is 0.0362. The molecule has 2 aromatic rings. The van der Waals surface area contributed by atoms with Crippen LogP contribution in [0.2, 0.25) is 0 Å². The van der Waals surface area contributed by atoms with Gasteiger partial charge in [-0.05, 0) is 56.4 Å². The van der Waals surface area contributed by atoms with E-state index in [1.54, 1.807) is 0 Å². The quantitative estimate of drug-likeness (QED) is 0.918. The van der Waals surface area contributed by atoms with E-state index in [0.29, 0.717) is 6.42 Å². The van der Waals surface area contributed by atoms with Crippen molar-refractivity contribution in [3.63, 3.8) is 0 Å². The number of nitrogens with one attached hydrogen (secondary N) is 1. The molecular formula is C22H24N2O2. The SMILES string of the molecule is Cc1cc(C)c(NC(=O)C2CC2C(=O)N2CCc3ccccc32)c(C)c1. The molecule has 26 heavy (non-hydrogen) atoms. The van der Waals surface area contributed by atoms with Crippen LogP contribution in [0, 0.1) is 32.6 Å². The van der Waals surface area contributed by atoms with Crippen LogP contribution in [0.15, 0.2) is 36.4 Å². The normalized spacial score (nSPS) is 20.7. The van der Waals surface area contributed by atoms with E-state index >= 15 is 0 Å². The van der Waals surface area contributed by atoms with Crippen LogP contribution in [0.3, 0.4) is 0 Å². The van der Waals surface area contributed by atoms with Gasteiger partial charge in [-0.3, -0.25) is 9.59 Å². The summed E-state index contributed by atoms with van der Waals surface area (Å²) in [4.78, 5) is 27.4. The summed E-state index contributed by atoms with van der Waals surface area (Å²) in [5, 5.41) is 3.05. The second kappa shape index (κ2) is 6.27. The molecule has 4 heteroatoms. The number of nitrogens with zero attached hydrogens (tertiary/aromatic N) is 1. The predicted molar refractivity (Wildman–Crippen MR) is 103 cm³/mol. The number of hydrogen-bond donors (Lipinski definition) is 1. The van der Waals surface area contributed by atoms with Crippen LogP contribution in [0.4, 0.5) is 11.4 Å². The summed E-state index contributed by atoms with van der Waals surface area (Å²) in [6.45, 7) is 6.78. The van der Waals surface area contributed by atoms with Crippen LogP contribution in [0.25, 0.3) is 0 Å². The van der Waals surface area contributed by atoms with Gasteiger partial charge in [0.2, 0.25) is 11.8 Å². The maximum Gasteiger partial charge on any atom is 0.230 e. The zero-order chi connectivity index (χ0) is 18.4. The Labute approximate surface area is 154 Å². The molecular weight excluding hydrogens is 324 g/mol. The Kier molecular flexibility index (Phi) is 4.06. The van der Waals surface area contributed by atoms with Crippen LogP contribution < -0.4 is 10.2 Å². The van der Waals surface area contributed by atoms with Gasteiger partial charge in [0.05, 0.1) is 11.8 Å². The first kappa shape index (κ1) is 16.8. The number of benzene rings is 2. The highest BCUT2D eigenvalue weighted by atomic mass is 16.2. The Morgan fingerprint density at radius 1 is 1.04 bits per heavy atom. The van der Waals surface area contributed by atoms with Crippen molar-refractivity contribution in [2.75, 3.05) is 16.8 Å². The molecule has 0 radical (unpaired) electrons. The van der Waals surface area contributed by atoms with Crippen molar-refractivity contribution in [1.29, 1.82) is 0 Å². The maximum absolute atomic E-state index is 12.9. The van der Waals surface area contributed by atoms with E-state index < -0.39 is 0 Å². The van der Waals surface area contributed by atoms with E-state index in [1.165, 1.54) is 11.1 Å². The van der Waals surface area contributed by atoms with Crippen molar-refractivity contribution in [2.45, 2.75) is 33.6 Å². The number of carbonyl (C=O) groups is 2. The highest BCUT2D eigenvalue weighted by Crippen LogP contribution is 2.43. The molecule has 2 amide bonds. The molecule has 2 atom stereocenters. The Hall–Kier alpha value is -2.62. The standard InChI is InChI=1S/C22H24N2O2/c1-13-10-14(2)20(15(3)11-13)23-21(25)17-12-18(17)22(26)24-9-8-16-6-4-5-7-19(16)24/h4-7,10-11,17-18H,8-9,12H2,1-3H3,(H,23,25). The van der Waals surface area contributed by atoms with Crippen LogP contribution >= 0.6 is 0 Å². The Morgan fingerprint density at radius 2 is 1.73 bits per heavy atom. The lowest BCUT2D eigenvalue weighted by atomic mass is 10.0. The third-order valence-corrected chi connectivity index (χ3v) is 5.52. The fourth-order valence-corrected chi connectivity index (χ4v) is 4.12. The van der Waals surface area contributed by atoms with E-state index in [1.807, 2.05) is 36.9 Å². The highest BCUT2D eigenvalue weighted by molar-refractivity contribution is 6.05. The van der Waals surface area contributed by atoms with Crippen LogP contribution in [-0.4, -0.2) is 18.4 Å². The molecule has 0 spiro atoms. The first-order valence-electron chi connectivity index (χ1n) is 9.23. The summed E-state index contributed by atoms with van der Waals surface area (Å²) in [5.41, 5.74) is 6.42. The lowest BCUT2D eigenvalue weighted by Crippen LogP contribution is -2.32. The van der Waals surface area contributed by atoms with Gasteiger partial charge in [-0.1, -0.05) is 35.9 Å². The van der Waals surface area contributed by atoms with Gasteiger partial charge in [0.1, 0.15) is 0 Å². The van der Waals surface area contributed by atoms with Gasteiger partial charge in [0.25, 0.3) is 0 Å². The fourth-order valence-electron chi connectivity index (χ4n) is 4.12. The number of aryl methyl sites for hydroxylation is 3. The van der Waals surface area contributed by atoms with Crippen LogP contribution in [0.1, 0.15) is 28.7 Å². The summed E-state index contributed by atoms with van der Waals surface area (Å²) < 4.78 is 0. The lowest BCUT2D eigenvalue weighted by molar-refractivity contribution is -0.123. The molecule has 4 nitrogen and oxygen atoms in total. The molecule has 1 aliphatic carbocycles. The number of amides is 2. The van der Waals surface area contributed by atoms with Crippen LogP contribution in [-0.2, 0) is 16.0 Å². The lowest BCUT2D eigenvalue weighted by Gasteiger charge is -2.17. The smallest absolute Gasteiger partial charge is 0.230 e. The first-order chi connectivity index (χ1) is 12.5. The highest BCUT2D eigenvalue weighted by Gasteiger charge is 2.50. The van der Waals surface area contributed by atoms with Gasteiger partial charge in [-0.15, -0.1) is 0 Å². The maximum atomic E-state index is 12.9. The summed E-state index contributed by atoms with van der Waals surface area (Å²) in [6, 6.07) is 12.2. The average Bonchev–Trinajstić information content (AvgIpc) is 3.29. The van der Waals surface area contributed by atoms with E-state index in [4.69, 9.17) is 0 Å². The zero-order valence-electron chi connectivity index (χ0n) is 15.5. The molecule has 0 aromatic heterocycles. The van der Waals surface area contributed by atoms with Crippen molar-refractivity contribution < 1.29 is 9.59 Å². The molecule has 1 aliphatic heterocycles. The monoisotopic (exact) mass is 348 g/mol. The second-order valence-corrected chi connectivity index (χ2v) is 7.58. The largest absolute Gasteiger partial charge is 0.325 e. The van der Waals surface area contributed by atoms with E-state index in [9.17, 15) is 9.59 Å². The van der Waals surface area contributed by atoms with Crippen molar-refractivity contribution in [1.82, 2.24) is 0 Å².